The number of oxime groups is 2. The molecule has 21 heavy (non-hydrogen) atoms. The number of hydrogen-bond acceptors (Lipinski definition) is 6. The van der Waals surface area contributed by atoms with E-state index >= 15 is 0 Å². The van der Waals surface area contributed by atoms with Crippen molar-refractivity contribution in [3.05, 3.63) is 59.7 Å². The molecule has 7 heteroatoms. The zero-order chi connectivity index (χ0) is 14.8. The molecule has 0 bridgehead atoms. The van der Waals surface area contributed by atoms with E-state index in [1.807, 2.05) is 0 Å². The summed E-state index contributed by atoms with van der Waals surface area (Å²) in [4.78, 5) is 0. The van der Waals surface area contributed by atoms with Crippen LogP contribution >= 0.6 is 0 Å². The monoisotopic (exact) mass is 330 g/mol. The van der Waals surface area contributed by atoms with E-state index in [-0.39, 0.29) is 28.0 Å². The van der Waals surface area contributed by atoms with Crippen LogP contribution in [0.25, 0.3) is 0 Å². The SMILES string of the molecule is [Ni+2].[O-]c1ccccc1/C=N/O.[O-]c1ccccc1/C=N/O. The predicted molar refractivity (Wildman–Crippen MR) is 70.5 cm³/mol. The topological polar surface area (TPSA) is 111 Å². The van der Waals surface area contributed by atoms with Crippen molar-refractivity contribution in [1.29, 1.82) is 0 Å². The summed E-state index contributed by atoms with van der Waals surface area (Å²) in [5.74, 6) is -0.277. The van der Waals surface area contributed by atoms with Crippen LogP contribution in [0.15, 0.2) is 58.8 Å². The molecule has 2 N–H and O–H groups in total. The van der Waals surface area contributed by atoms with E-state index in [4.69, 9.17) is 10.4 Å². The van der Waals surface area contributed by atoms with E-state index in [1.165, 1.54) is 12.1 Å². The molecule has 0 aromatic heterocycles. The Bertz CT molecular complexity index is 550. The number of rotatable bonds is 2. The van der Waals surface area contributed by atoms with Gasteiger partial charge in [-0.1, -0.05) is 70.3 Å². The molecule has 0 aliphatic rings. The third-order valence-corrected chi connectivity index (χ3v) is 2.23. The minimum absolute atomic E-state index is 0. The van der Waals surface area contributed by atoms with Crippen molar-refractivity contribution in [3.8, 4) is 11.5 Å². The summed E-state index contributed by atoms with van der Waals surface area (Å²) in [6, 6.07) is 12.7. The van der Waals surface area contributed by atoms with Gasteiger partial charge in [-0.2, -0.15) is 0 Å². The van der Waals surface area contributed by atoms with E-state index in [9.17, 15) is 10.2 Å². The van der Waals surface area contributed by atoms with Gasteiger partial charge in [0.05, 0.1) is 12.4 Å². The van der Waals surface area contributed by atoms with Crippen LogP contribution < -0.4 is 10.2 Å². The van der Waals surface area contributed by atoms with Crippen molar-refractivity contribution in [2.75, 3.05) is 0 Å². The molecule has 0 saturated heterocycles. The van der Waals surface area contributed by atoms with Gasteiger partial charge in [0.15, 0.2) is 0 Å². The zero-order valence-corrected chi connectivity index (χ0v) is 11.7. The molecular weight excluding hydrogens is 319 g/mol. The van der Waals surface area contributed by atoms with Gasteiger partial charge >= 0.3 is 16.5 Å². The summed E-state index contributed by atoms with van der Waals surface area (Å²) in [5, 5.41) is 43.2. The van der Waals surface area contributed by atoms with Crippen molar-refractivity contribution in [1.82, 2.24) is 0 Å². The Morgan fingerprint density at radius 1 is 0.714 bits per heavy atom. The molecule has 0 atom stereocenters. The first-order chi connectivity index (χ1) is 9.69. The summed E-state index contributed by atoms with van der Waals surface area (Å²) in [7, 11) is 0. The fraction of sp³-hybridized carbons (Fsp3) is 0. The Labute approximate surface area is 131 Å². The van der Waals surface area contributed by atoms with Gasteiger partial charge in [0, 0.05) is 0 Å². The van der Waals surface area contributed by atoms with Gasteiger partial charge < -0.3 is 20.6 Å². The second kappa shape index (κ2) is 10.3. The van der Waals surface area contributed by atoms with Crippen LogP contribution in [-0.4, -0.2) is 22.8 Å². The van der Waals surface area contributed by atoms with Gasteiger partial charge in [0.1, 0.15) is 0 Å². The fourth-order valence-corrected chi connectivity index (χ4v) is 1.30. The molecule has 2 aromatic rings. The van der Waals surface area contributed by atoms with Crippen LogP contribution in [0, 0.1) is 0 Å². The van der Waals surface area contributed by atoms with Crippen LogP contribution in [0.3, 0.4) is 0 Å². The first-order valence-corrected chi connectivity index (χ1v) is 5.56. The Hall–Kier alpha value is -2.53. The van der Waals surface area contributed by atoms with Crippen LogP contribution in [0.5, 0.6) is 11.5 Å². The first-order valence-electron chi connectivity index (χ1n) is 5.56. The van der Waals surface area contributed by atoms with Crippen molar-refractivity contribution in [2.45, 2.75) is 0 Å². The van der Waals surface area contributed by atoms with Crippen LogP contribution in [0.1, 0.15) is 11.1 Å². The molecule has 112 valence electrons. The van der Waals surface area contributed by atoms with E-state index in [2.05, 4.69) is 10.3 Å². The molecule has 6 nitrogen and oxygen atoms in total. The number of benzene rings is 2. The second-order valence-corrected chi connectivity index (χ2v) is 3.56. The van der Waals surface area contributed by atoms with Gasteiger partial charge in [-0.3, -0.25) is 0 Å². The van der Waals surface area contributed by atoms with Gasteiger partial charge in [0.2, 0.25) is 0 Å². The maximum atomic E-state index is 10.8. The van der Waals surface area contributed by atoms with Gasteiger partial charge in [-0.05, 0) is 11.1 Å². The minimum Gasteiger partial charge on any atom is -0.872 e. The van der Waals surface area contributed by atoms with Gasteiger partial charge in [-0.15, -0.1) is 0 Å². The summed E-state index contributed by atoms with van der Waals surface area (Å²) in [6.07, 6.45) is 2.23. The molecule has 2 rings (SSSR count). The third-order valence-electron chi connectivity index (χ3n) is 2.23. The number of para-hydroxylation sites is 2. The molecule has 0 aliphatic carbocycles. The van der Waals surface area contributed by atoms with Crippen molar-refractivity contribution in [3.63, 3.8) is 0 Å². The van der Waals surface area contributed by atoms with Crippen molar-refractivity contribution >= 4 is 12.4 Å². The second-order valence-electron chi connectivity index (χ2n) is 3.56. The average molecular weight is 331 g/mol. The summed E-state index contributed by atoms with van der Waals surface area (Å²) in [6.45, 7) is 0. The van der Waals surface area contributed by atoms with Crippen molar-refractivity contribution < 1.29 is 37.1 Å². The molecule has 0 aliphatic heterocycles. The Morgan fingerprint density at radius 3 is 1.33 bits per heavy atom. The molecule has 0 saturated carbocycles. The standard InChI is InChI=1S/2C7H7NO2.Ni/c2*9-7-4-2-1-3-6(7)5-8-10;/h2*1-5,9-10H;/q;;+2/p-2/b2*8-5+;. The Kier molecular flexibility index (Phi) is 9.05. The third kappa shape index (κ3) is 6.45. The largest absolute Gasteiger partial charge is 2.00 e. The first kappa shape index (κ1) is 18.5. The van der Waals surface area contributed by atoms with Gasteiger partial charge in [-0.25, -0.2) is 0 Å². The van der Waals surface area contributed by atoms with Crippen LogP contribution in [0.2, 0.25) is 0 Å². The maximum absolute atomic E-state index is 10.8. The van der Waals surface area contributed by atoms with E-state index in [0.29, 0.717) is 11.1 Å². The Morgan fingerprint density at radius 2 is 1.05 bits per heavy atom. The minimum atomic E-state index is -0.139. The molecule has 0 spiro atoms. The molecule has 0 heterocycles. The molecule has 0 radical (unpaired) electrons. The number of nitrogens with zero attached hydrogens (tertiary/aromatic N) is 2. The summed E-state index contributed by atoms with van der Waals surface area (Å²) >= 11 is 0. The van der Waals surface area contributed by atoms with E-state index in [1.54, 1.807) is 36.4 Å². The van der Waals surface area contributed by atoms with E-state index in [0.717, 1.165) is 12.4 Å². The zero-order valence-electron chi connectivity index (χ0n) is 10.7. The van der Waals surface area contributed by atoms with Crippen LogP contribution in [0.4, 0.5) is 0 Å². The molecule has 0 unspecified atom stereocenters. The molecule has 0 amide bonds. The predicted octanol–water partition coefficient (Wildman–Crippen LogP) is 1.13. The maximum Gasteiger partial charge on any atom is 2.00 e. The average Bonchev–Trinajstić information content (AvgIpc) is 2.45. The van der Waals surface area contributed by atoms with E-state index < -0.39 is 0 Å². The molecule has 0 fully saturated rings. The van der Waals surface area contributed by atoms with Gasteiger partial charge in [0.25, 0.3) is 0 Å². The summed E-state index contributed by atoms with van der Waals surface area (Å²) < 4.78 is 0. The fourth-order valence-electron chi connectivity index (χ4n) is 1.30. The Balaban J connectivity index is 0.000000364. The number of hydrogen-bond donors (Lipinski definition) is 2. The smallest absolute Gasteiger partial charge is 0.872 e. The quantitative estimate of drug-likeness (QED) is 0.372. The van der Waals surface area contributed by atoms with Crippen molar-refractivity contribution in [2.24, 2.45) is 10.3 Å². The van der Waals surface area contributed by atoms with Crippen LogP contribution in [-0.2, 0) is 16.5 Å². The summed E-state index contributed by atoms with van der Waals surface area (Å²) in [5.41, 5.74) is 0.787. The molecular formula is C14H12N2NiO4. The molecule has 2 aromatic carbocycles. The normalized spacial score (nSPS) is 9.90.